The molecule has 0 N–H and O–H groups in total. The van der Waals surface area contributed by atoms with Gasteiger partial charge in [0.05, 0.1) is 17.3 Å². The molecule has 3 aromatic rings. The number of pyridine rings is 2. The van der Waals surface area contributed by atoms with Crippen molar-refractivity contribution in [2.24, 2.45) is 0 Å². The van der Waals surface area contributed by atoms with Gasteiger partial charge in [-0.2, -0.15) is 0 Å². The lowest BCUT2D eigenvalue weighted by Crippen LogP contribution is -2.38. The van der Waals surface area contributed by atoms with Gasteiger partial charge in [-0.1, -0.05) is 18.2 Å². The first kappa shape index (κ1) is 17.3. The molecule has 0 unspecified atom stereocenters. The number of piperidine rings is 1. The first-order valence-electron chi connectivity index (χ1n) is 9.15. The average molecular weight is 361 g/mol. The Bertz CT molecular complexity index is 928. The molecule has 27 heavy (non-hydrogen) atoms. The molecule has 1 atom stereocenters. The predicted octanol–water partition coefficient (Wildman–Crippen LogP) is 4.65. The van der Waals surface area contributed by atoms with Crippen molar-refractivity contribution in [2.45, 2.75) is 25.3 Å². The van der Waals surface area contributed by atoms with Gasteiger partial charge >= 0.3 is 0 Å². The number of amides is 1. The molecule has 0 radical (unpaired) electrons. The number of benzene rings is 1. The van der Waals surface area contributed by atoms with E-state index in [-0.39, 0.29) is 17.8 Å². The topological polar surface area (TPSA) is 46.1 Å². The maximum absolute atomic E-state index is 13.4. The van der Waals surface area contributed by atoms with Crippen molar-refractivity contribution in [1.29, 1.82) is 0 Å². The Labute approximate surface area is 157 Å². The van der Waals surface area contributed by atoms with Crippen LogP contribution in [0.2, 0.25) is 0 Å². The van der Waals surface area contributed by atoms with Crippen LogP contribution in [0.15, 0.2) is 67.1 Å². The lowest BCUT2D eigenvalue weighted by molar-refractivity contribution is 0.0611. The van der Waals surface area contributed by atoms with E-state index in [9.17, 15) is 9.18 Å². The molecule has 4 rings (SSSR count). The summed E-state index contributed by atoms with van der Waals surface area (Å²) in [6, 6.07) is 13.9. The molecule has 3 heterocycles. The molecule has 136 valence electrons. The summed E-state index contributed by atoms with van der Waals surface area (Å²) < 4.78 is 13.4. The summed E-state index contributed by atoms with van der Waals surface area (Å²) in [4.78, 5) is 23.4. The summed E-state index contributed by atoms with van der Waals surface area (Å²) in [5, 5.41) is 0. The van der Waals surface area contributed by atoms with E-state index < -0.39 is 0 Å². The second-order valence-electron chi connectivity index (χ2n) is 6.74. The van der Waals surface area contributed by atoms with E-state index in [4.69, 9.17) is 0 Å². The van der Waals surface area contributed by atoms with Crippen molar-refractivity contribution in [3.05, 3.63) is 84.1 Å². The summed E-state index contributed by atoms with van der Waals surface area (Å²) in [7, 11) is 0. The van der Waals surface area contributed by atoms with Crippen LogP contribution in [0.4, 0.5) is 4.39 Å². The quantitative estimate of drug-likeness (QED) is 0.682. The van der Waals surface area contributed by atoms with Crippen LogP contribution in [-0.2, 0) is 0 Å². The molecule has 1 fully saturated rings. The van der Waals surface area contributed by atoms with E-state index in [1.54, 1.807) is 36.8 Å². The fourth-order valence-corrected chi connectivity index (χ4v) is 3.60. The van der Waals surface area contributed by atoms with Crippen LogP contribution in [0, 0.1) is 5.82 Å². The summed E-state index contributed by atoms with van der Waals surface area (Å²) in [6.45, 7) is 0.726. The smallest absolute Gasteiger partial charge is 0.255 e. The van der Waals surface area contributed by atoms with Crippen molar-refractivity contribution < 1.29 is 9.18 Å². The van der Waals surface area contributed by atoms with Gasteiger partial charge < -0.3 is 4.90 Å². The Kier molecular flexibility index (Phi) is 4.92. The van der Waals surface area contributed by atoms with Gasteiger partial charge in [-0.3, -0.25) is 14.8 Å². The molecule has 2 aromatic heterocycles. The number of nitrogens with zero attached hydrogens (tertiary/aromatic N) is 3. The maximum Gasteiger partial charge on any atom is 0.255 e. The lowest BCUT2D eigenvalue weighted by Gasteiger charge is -2.36. The number of carbonyl (C=O) groups is 1. The molecule has 1 aromatic carbocycles. The lowest BCUT2D eigenvalue weighted by atomic mass is 9.95. The molecule has 1 aliphatic heterocycles. The van der Waals surface area contributed by atoms with Crippen LogP contribution in [-0.4, -0.2) is 27.3 Å². The highest BCUT2D eigenvalue weighted by molar-refractivity contribution is 5.94. The highest BCUT2D eigenvalue weighted by Crippen LogP contribution is 2.32. The molecule has 1 aliphatic rings. The zero-order valence-electron chi connectivity index (χ0n) is 14.9. The average Bonchev–Trinajstić information content (AvgIpc) is 2.74. The number of rotatable bonds is 3. The molecule has 5 heteroatoms. The molecule has 0 aliphatic carbocycles. The number of likely N-dealkylation sites (tertiary alicyclic amines) is 1. The van der Waals surface area contributed by atoms with Crippen molar-refractivity contribution in [1.82, 2.24) is 14.9 Å². The van der Waals surface area contributed by atoms with Gasteiger partial charge in [0.2, 0.25) is 0 Å². The third-order valence-electron chi connectivity index (χ3n) is 4.96. The zero-order valence-corrected chi connectivity index (χ0v) is 14.9. The molecule has 0 bridgehead atoms. The minimum absolute atomic E-state index is 0.000477. The van der Waals surface area contributed by atoms with E-state index >= 15 is 0 Å². The van der Waals surface area contributed by atoms with Crippen molar-refractivity contribution >= 4 is 5.91 Å². The largest absolute Gasteiger partial charge is 0.332 e. The first-order chi connectivity index (χ1) is 13.2. The summed E-state index contributed by atoms with van der Waals surface area (Å²) in [5.41, 5.74) is 3.08. The zero-order chi connectivity index (χ0) is 18.6. The third-order valence-corrected chi connectivity index (χ3v) is 4.96. The Morgan fingerprint density at radius 2 is 2.00 bits per heavy atom. The number of carbonyl (C=O) groups excluding carboxylic acids is 1. The van der Waals surface area contributed by atoms with E-state index in [1.807, 2.05) is 23.1 Å². The van der Waals surface area contributed by atoms with Gasteiger partial charge in [-0.25, -0.2) is 4.39 Å². The molecular formula is C22H20FN3O. The first-order valence-corrected chi connectivity index (χ1v) is 9.15. The number of halogens is 1. The number of aromatic nitrogens is 2. The monoisotopic (exact) mass is 361 g/mol. The molecule has 1 saturated heterocycles. The minimum atomic E-state index is -0.279. The van der Waals surface area contributed by atoms with Crippen molar-refractivity contribution in [3.63, 3.8) is 0 Å². The van der Waals surface area contributed by atoms with E-state index in [0.29, 0.717) is 5.56 Å². The van der Waals surface area contributed by atoms with Crippen LogP contribution in [0.25, 0.3) is 11.3 Å². The van der Waals surface area contributed by atoms with Gasteiger partial charge in [0.15, 0.2) is 0 Å². The Balaban J connectivity index is 1.59. The fraction of sp³-hybridized carbons (Fsp3) is 0.227. The number of hydrogen-bond acceptors (Lipinski definition) is 3. The van der Waals surface area contributed by atoms with E-state index in [2.05, 4.69) is 9.97 Å². The number of hydrogen-bond donors (Lipinski definition) is 0. The van der Waals surface area contributed by atoms with Crippen LogP contribution in [0.5, 0.6) is 0 Å². The normalized spacial score (nSPS) is 16.9. The minimum Gasteiger partial charge on any atom is -0.332 e. The standard InChI is InChI=1S/C22H20FN3O/c23-19-7-3-5-16(13-19)20-10-9-17(15-25-20)21-8-1-2-12-26(21)22(27)18-6-4-11-24-14-18/h3-7,9-11,13-15,21H,1-2,8,12H2/t21-/m0/s1. The van der Waals surface area contributed by atoms with E-state index in [0.717, 1.165) is 42.6 Å². The Morgan fingerprint density at radius 1 is 1.07 bits per heavy atom. The Hall–Kier alpha value is -3.08. The summed E-state index contributed by atoms with van der Waals surface area (Å²) >= 11 is 0. The summed E-state index contributed by atoms with van der Waals surface area (Å²) in [6.07, 6.45) is 8.07. The van der Waals surface area contributed by atoms with E-state index in [1.165, 1.54) is 12.1 Å². The van der Waals surface area contributed by atoms with Crippen LogP contribution < -0.4 is 0 Å². The summed E-state index contributed by atoms with van der Waals surface area (Å²) in [5.74, 6) is -0.277. The fourth-order valence-electron chi connectivity index (χ4n) is 3.60. The van der Waals surface area contributed by atoms with Crippen molar-refractivity contribution in [3.8, 4) is 11.3 Å². The predicted molar refractivity (Wildman–Crippen MR) is 101 cm³/mol. The van der Waals surface area contributed by atoms with Crippen LogP contribution in [0.3, 0.4) is 0 Å². The van der Waals surface area contributed by atoms with Crippen LogP contribution >= 0.6 is 0 Å². The Morgan fingerprint density at radius 3 is 2.74 bits per heavy atom. The highest BCUT2D eigenvalue weighted by Gasteiger charge is 2.29. The van der Waals surface area contributed by atoms with Gasteiger partial charge in [0, 0.05) is 30.7 Å². The second-order valence-corrected chi connectivity index (χ2v) is 6.74. The molecule has 0 spiro atoms. The highest BCUT2D eigenvalue weighted by atomic mass is 19.1. The molecule has 4 nitrogen and oxygen atoms in total. The van der Waals surface area contributed by atoms with Gasteiger partial charge in [0.1, 0.15) is 5.82 Å². The second kappa shape index (κ2) is 7.66. The van der Waals surface area contributed by atoms with Gasteiger partial charge in [0.25, 0.3) is 5.91 Å². The molecule has 1 amide bonds. The van der Waals surface area contributed by atoms with Gasteiger partial charge in [-0.05, 0) is 55.2 Å². The SMILES string of the molecule is O=C(c1cccnc1)N1CCCC[C@H]1c1ccc(-c2cccc(F)c2)nc1. The third kappa shape index (κ3) is 3.72. The maximum atomic E-state index is 13.4. The molecule has 0 saturated carbocycles. The van der Waals surface area contributed by atoms with Crippen LogP contribution in [0.1, 0.15) is 41.2 Å². The molecular weight excluding hydrogens is 341 g/mol. The van der Waals surface area contributed by atoms with Gasteiger partial charge in [-0.15, -0.1) is 0 Å². The van der Waals surface area contributed by atoms with Crippen molar-refractivity contribution in [2.75, 3.05) is 6.54 Å².